The van der Waals surface area contributed by atoms with Crippen LogP contribution in [0.3, 0.4) is 0 Å². The predicted octanol–water partition coefficient (Wildman–Crippen LogP) is 2.95. The fraction of sp³-hybridized carbons (Fsp3) is 0.200. The molecule has 0 radical (unpaired) electrons. The molecule has 1 aliphatic rings. The number of fused-ring (bicyclic) bond motifs is 1. The molecular weight excluding hydrogens is 378 g/mol. The Hall–Kier alpha value is -3.88. The highest BCUT2D eigenvalue weighted by Gasteiger charge is 2.15. The van der Waals surface area contributed by atoms with Gasteiger partial charge >= 0.3 is 5.97 Å². The molecule has 1 aromatic heterocycles. The van der Waals surface area contributed by atoms with E-state index in [0.29, 0.717) is 23.1 Å². The minimum absolute atomic E-state index is 0.146. The second-order valence-electron chi connectivity index (χ2n) is 6.05. The molecule has 9 heteroatoms. The number of nitrogens with zero attached hydrogens (tertiary/aromatic N) is 3. The van der Waals surface area contributed by atoms with Crippen LogP contribution in [0.25, 0.3) is 11.5 Å². The van der Waals surface area contributed by atoms with Gasteiger partial charge in [0.15, 0.2) is 18.1 Å². The van der Waals surface area contributed by atoms with Crippen molar-refractivity contribution in [1.82, 2.24) is 10.2 Å². The number of benzene rings is 2. The minimum atomic E-state index is -0.605. The van der Waals surface area contributed by atoms with E-state index in [4.69, 9.17) is 23.5 Å². The Labute approximate surface area is 165 Å². The minimum Gasteiger partial charge on any atom is -0.454 e. The van der Waals surface area contributed by atoms with Gasteiger partial charge in [-0.1, -0.05) is 23.4 Å². The van der Waals surface area contributed by atoms with E-state index < -0.39 is 5.97 Å². The van der Waals surface area contributed by atoms with Gasteiger partial charge in [-0.15, -0.1) is 10.2 Å². The van der Waals surface area contributed by atoms with Crippen molar-refractivity contribution in [3.8, 4) is 23.0 Å². The summed E-state index contributed by atoms with van der Waals surface area (Å²) in [6.45, 7) is 1.46. The molecule has 0 saturated carbocycles. The summed E-state index contributed by atoms with van der Waals surface area (Å²) in [4.78, 5) is 16.9. The van der Waals surface area contributed by atoms with Crippen molar-refractivity contribution in [2.75, 3.05) is 13.4 Å². The lowest BCUT2D eigenvalue weighted by Gasteiger charge is -2.04. The Balaban J connectivity index is 1.25. The van der Waals surface area contributed by atoms with Crippen LogP contribution in [-0.4, -0.2) is 35.3 Å². The van der Waals surface area contributed by atoms with Gasteiger partial charge in [0.05, 0.1) is 5.71 Å². The average molecular weight is 395 g/mol. The maximum Gasteiger partial charge on any atom is 0.347 e. The van der Waals surface area contributed by atoms with Crippen LogP contribution in [0.4, 0.5) is 0 Å². The van der Waals surface area contributed by atoms with Gasteiger partial charge in [-0.05, 0) is 37.3 Å². The highest BCUT2D eigenvalue weighted by atomic mass is 16.7. The van der Waals surface area contributed by atoms with Crippen LogP contribution in [0.5, 0.6) is 11.5 Å². The molecule has 0 amide bonds. The maximum atomic E-state index is 11.8. The summed E-state index contributed by atoms with van der Waals surface area (Å²) in [6.07, 6.45) is 0. The van der Waals surface area contributed by atoms with Crippen molar-refractivity contribution >= 4 is 11.7 Å². The molecule has 2 heterocycles. The van der Waals surface area contributed by atoms with E-state index in [1.54, 1.807) is 19.1 Å². The van der Waals surface area contributed by atoms with Crippen molar-refractivity contribution in [3.63, 3.8) is 0 Å². The molecule has 29 heavy (non-hydrogen) atoms. The highest BCUT2D eigenvalue weighted by molar-refractivity contribution is 5.99. The fourth-order valence-electron chi connectivity index (χ4n) is 2.55. The van der Waals surface area contributed by atoms with E-state index >= 15 is 0 Å². The summed E-state index contributed by atoms with van der Waals surface area (Å²) in [7, 11) is 0. The molecule has 4 rings (SSSR count). The molecule has 9 nitrogen and oxygen atoms in total. The number of oxime groups is 1. The Bertz CT molecular complexity index is 1030. The van der Waals surface area contributed by atoms with Gasteiger partial charge in [-0.2, -0.15) is 0 Å². The number of carbonyl (C=O) groups is 1. The van der Waals surface area contributed by atoms with E-state index in [1.165, 1.54) is 0 Å². The Morgan fingerprint density at radius 2 is 1.93 bits per heavy atom. The zero-order valence-electron chi connectivity index (χ0n) is 15.5. The summed E-state index contributed by atoms with van der Waals surface area (Å²) in [5.74, 6) is 1.27. The largest absolute Gasteiger partial charge is 0.454 e. The van der Waals surface area contributed by atoms with Crippen LogP contribution in [-0.2, 0) is 21.0 Å². The van der Waals surface area contributed by atoms with Gasteiger partial charge in [-0.3, -0.25) is 0 Å². The third-order valence-corrected chi connectivity index (χ3v) is 4.02. The number of rotatable bonds is 7. The van der Waals surface area contributed by atoms with Crippen LogP contribution in [0.1, 0.15) is 18.4 Å². The van der Waals surface area contributed by atoms with Gasteiger partial charge < -0.3 is 23.5 Å². The lowest BCUT2D eigenvalue weighted by Crippen LogP contribution is -2.11. The number of hydrogen-bond donors (Lipinski definition) is 0. The zero-order chi connectivity index (χ0) is 20.1. The van der Waals surface area contributed by atoms with Crippen molar-refractivity contribution in [2.45, 2.75) is 13.5 Å². The first-order valence-corrected chi connectivity index (χ1v) is 8.79. The quantitative estimate of drug-likeness (QED) is 0.342. The van der Waals surface area contributed by atoms with Crippen LogP contribution in [0.15, 0.2) is 58.1 Å². The van der Waals surface area contributed by atoms with Gasteiger partial charge in [-0.25, -0.2) is 4.79 Å². The molecule has 0 fully saturated rings. The van der Waals surface area contributed by atoms with Crippen molar-refractivity contribution in [1.29, 1.82) is 0 Å². The standard InChI is InChI=1S/C20H17N3O6/c1-13(15-7-8-16-17(9-15)27-12-26-16)23-28-11-19(24)25-10-18-21-22-20(29-18)14-5-3-2-4-6-14/h2-9H,10-12H2,1H3. The Morgan fingerprint density at radius 1 is 1.10 bits per heavy atom. The molecule has 148 valence electrons. The molecule has 0 atom stereocenters. The van der Waals surface area contributed by atoms with Crippen LogP contribution >= 0.6 is 0 Å². The van der Waals surface area contributed by atoms with Gasteiger partial charge in [0.2, 0.25) is 19.3 Å². The van der Waals surface area contributed by atoms with Gasteiger partial charge in [0, 0.05) is 11.1 Å². The molecule has 2 aromatic carbocycles. The smallest absolute Gasteiger partial charge is 0.347 e. The summed E-state index contributed by atoms with van der Waals surface area (Å²) < 4.78 is 21.1. The van der Waals surface area contributed by atoms with E-state index in [9.17, 15) is 4.79 Å². The van der Waals surface area contributed by atoms with Crippen LogP contribution in [0, 0.1) is 0 Å². The number of aromatic nitrogens is 2. The molecule has 1 aliphatic heterocycles. The lowest BCUT2D eigenvalue weighted by molar-refractivity contribution is -0.150. The molecular formula is C20H17N3O6. The summed E-state index contributed by atoms with van der Waals surface area (Å²) in [5, 5.41) is 11.7. The SMILES string of the molecule is CC(=NOCC(=O)OCc1nnc(-c2ccccc2)o1)c1ccc2c(c1)OCO2. The molecule has 0 aliphatic carbocycles. The van der Waals surface area contributed by atoms with Crippen LogP contribution < -0.4 is 9.47 Å². The second kappa shape index (κ2) is 8.42. The molecule has 0 unspecified atom stereocenters. The first kappa shape index (κ1) is 18.5. The third-order valence-electron chi connectivity index (χ3n) is 4.02. The summed E-state index contributed by atoms with van der Waals surface area (Å²) in [6, 6.07) is 14.7. The van der Waals surface area contributed by atoms with Gasteiger partial charge in [0.1, 0.15) is 0 Å². The van der Waals surface area contributed by atoms with Crippen LogP contribution in [0.2, 0.25) is 0 Å². The average Bonchev–Trinajstić information content (AvgIpc) is 3.41. The van der Waals surface area contributed by atoms with E-state index in [2.05, 4.69) is 15.4 Å². The fourth-order valence-corrected chi connectivity index (χ4v) is 2.55. The van der Waals surface area contributed by atoms with E-state index in [1.807, 2.05) is 36.4 Å². The monoisotopic (exact) mass is 395 g/mol. The summed E-state index contributed by atoms with van der Waals surface area (Å²) >= 11 is 0. The summed E-state index contributed by atoms with van der Waals surface area (Å²) in [5.41, 5.74) is 2.16. The normalized spacial score (nSPS) is 12.7. The van der Waals surface area contributed by atoms with Crippen molar-refractivity contribution in [2.24, 2.45) is 5.16 Å². The Morgan fingerprint density at radius 3 is 2.79 bits per heavy atom. The predicted molar refractivity (Wildman–Crippen MR) is 100 cm³/mol. The molecule has 0 saturated heterocycles. The maximum absolute atomic E-state index is 11.8. The molecule has 3 aromatic rings. The third kappa shape index (κ3) is 4.52. The Kier molecular flexibility index (Phi) is 5.37. The van der Waals surface area contributed by atoms with E-state index in [-0.39, 0.29) is 25.9 Å². The first-order chi connectivity index (χ1) is 14.2. The highest BCUT2D eigenvalue weighted by Crippen LogP contribution is 2.32. The second-order valence-corrected chi connectivity index (χ2v) is 6.05. The lowest BCUT2D eigenvalue weighted by atomic mass is 10.1. The first-order valence-electron chi connectivity index (χ1n) is 8.79. The number of ether oxygens (including phenoxy) is 3. The van der Waals surface area contributed by atoms with Crippen molar-refractivity contribution < 1.29 is 28.3 Å². The van der Waals surface area contributed by atoms with E-state index in [0.717, 1.165) is 11.1 Å². The number of esters is 1. The molecule has 0 bridgehead atoms. The topological polar surface area (TPSA) is 105 Å². The zero-order valence-corrected chi connectivity index (χ0v) is 15.5. The number of hydrogen-bond acceptors (Lipinski definition) is 9. The molecule has 0 N–H and O–H groups in total. The molecule has 0 spiro atoms. The van der Waals surface area contributed by atoms with Crippen molar-refractivity contribution in [3.05, 3.63) is 60.0 Å². The van der Waals surface area contributed by atoms with Gasteiger partial charge in [0.25, 0.3) is 5.89 Å². The number of carbonyl (C=O) groups excluding carboxylic acids is 1.